The minimum absolute atomic E-state index is 0.0250. The number of rotatable bonds is 3. The smallest absolute Gasteiger partial charge is 0.416 e. The fourth-order valence-electron chi connectivity index (χ4n) is 2.12. The molecule has 0 aromatic heterocycles. The first-order chi connectivity index (χ1) is 10.7. The summed E-state index contributed by atoms with van der Waals surface area (Å²) in [6, 6.07) is 4.26. The Bertz CT molecular complexity index is 636. The standard InChI is InChI=1S/C15H15F3N2O3/c1-8(2)23-14(22)12-7-11(13(21)20-19-12)9-3-5-10(6-4-9)15(16,17)18/h3-6,8,11H,7H2,1-2H3,(H,20,21). The molecular formula is C15H15F3N2O3. The van der Waals surface area contributed by atoms with E-state index in [2.05, 4.69) is 10.5 Å². The van der Waals surface area contributed by atoms with Gasteiger partial charge >= 0.3 is 12.1 Å². The maximum Gasteiger partial charge on any atom is 0.416 e. The van der Waals surface area contributed by atoms with E-state index in [-0.39, 0.29) is 18.2 Å². The van der Waals surface area contributed by atoms with Crippen LogP contribution in [0.3, 0.4) is 0 Å². The van der Waals surface area contributed by atoms with Crippen LogP contribution in [0.25, 0.3) is 0 Å². The van der Waals surface area contributed by atoms with E-state index < -0.39 is 29.5 Å². The predicted molar refractivity (Wildman–Crippen MR) is 75.6 cm³/mol. The maximum atomic E-state index is 12.6. The van der Waals surface area contributed by atoms with Crippen LogP contribution in [-0.2, 0) is 20.5 Å². The lowest BCUT2D eigenvalue weighted by atomic mass is 9.91. The number of benzene rings is 1. The number of hydrazone groups is 1. The SMILES string of the molecule is CC(C)OC(=O)C1=NNC(=O)C(c2ccc(C(F)(F)F)cc2)C1. The zero-order valence-electron chi connectivity index (χ0n) is 12.5. The van der Waals surface area contributed by atoms with Gasteiger partial charge in [0.2, 0.25) is 5.91 Å². The van der Waals surface area contributed by atoms with Gasteiger partial charge < -0.3 is 4.74 Å². The first-order valence-corrected chi connectivity index (χ1v) is 6.93. The molecule has 1 heterocycles. The number of alkyl halides is 3. The number of ether oxygens (including phenoxy) is 1. The summed E-state index contributed by atoms with van der Waals surface area (Å²) in [6.07, 6.45) is -4.81. The monoisotopic (exact) mass is 328 g/mol. The molecule has 1 aromatic carbocycles. The van der Waals surface area contributed by atoms with Gasteiger partial charge in [-0.15, -0.1) is 0 Å². The van der Waals surface area contributed by atoms with Crippen molar-refractivity contribution in [2.75, 3.05) is 0 Å². The Labute approximate surface area is 130 Å². The summed E-state index contributed by atoms with van der Waals surface area (Å²) in [5, 5.41) is 3.66. The van der Waals surface area contributed by atoms with Crippen LogP contribution in [0.2, 0.25) is 0 Å². The van der Waals surface area contributed by atoms with E-state index in [1.807, 2.05) is 0 Å². The number of halogens is 3. The third-order valence-corrected chi connectivity index (χ3v) is 3.23. The highest BCUT2D eigenvalue weighted by molar-refractivity contribution is 6.37. The zero-order valence-corrected chi connectivity index (χ0v) is 12.5. The van der Waals surface area contributed by atoms with E-state index in [4.69, 9.17) is 4.74 Å². The van der Waals surface area contributed by atoms with Crippen LogP contribution in [0.1, 0.15) is 37.3 Å². The molecule has 0 fully saturated rings. The summed E-state index contributed by atoms with van der Waals surface area (Å²) in [5.41, 5.74) is 1.81. The van der Waals surface area contributed by atoms with Crippen molar-refractivity contribution >= 4 is 17.6 Å². The van der Waals surface area contributed by atoms with Crippen LogP contribution in [0, 0.1) is 0 Å². The highest BCUT2D eigenvalue weighted by atomic mass is 19.4. The van der Waals surface area contributed by atoms with E-state index in [0.717, 1.165) is 12.1 Å². The van der Waals surface area contributed by atoms with Gasteiger partial charge in [-0.05, 0) is 31.5 Å². The molecule has 1 amide bonds. The molecule has 0 aliphatic carbocycles. The van der Waals surface area contributed by atoms with Crippen molar-refractivity contribution in [3.8, 4) is 0 Å². The molecule has 1 aliphatic rings. The summed E-state index contributed by atoms with van der Waals surface area (Å²) in [7, 11) is 0. The number of nitrogens with zero attached hydrogens (tertiary/aromatic N) is 1. The van der Waals surface area contributed by atoms with Crippen molar-refractivity contribution in [3.63, 3.8) is 0 Å². The van der Waals surface area contributed by atoms with Crippen LogP contribution >= 0.6 is 0 Å². The molecule has 0 bridgehead atoms. The minimum atomic E-state index is -4.44. The van der Waals surface area contributed by atoms with Crippen molar-refractivity contribution in [2.45, 2.75) is 38.5 Å². The quantitative estimate of drug-likeness (QED) is 0.867. The van der Waals surface area contributed by atoms with Gasteiger partial charge in [0.15, 0.2) is 0 Å². The van der Waals surface area contributed by atoms with Gasteiger partial charge in [-0.2, -0.15) is 18.3 Å². The Morgan fingerprint density at radius 1 is 1.30 bits per heavy atom. The molecule has 1 aromatic rings. The van der Waals surface area contributed by atoms with Gasteiger partial charge in [-0.25, -0.2) is 10.2 Å². The van der Waals surface area contributed by atoms with Gasteiger partial charge in [-0.1, -0.05) is 12.1 Å². The van der Waals surface area contributed by atoms with Gasteiger partial charge in [0, 0.05) is 6.42 Å². The first-order valence-electron chi connectivity index (χ1n) is 6.93. The molecule has 1 N–H and O–H groups in total. The van der Waals surface area contributed by atoms with Crippen LogP contribution in [-0.4, -0.2) is 23.7 Å². The van der Waals surface area contributed by atoms with E-state index in [1.54, 1.807) is 13.8 Å². The zero-order chi connectivity index (χ0) is 17.2. The lowest BCUT2D eigenvalue weighted by molar-refractivity contribution is -0.139. The average molecular weight is 328 g/mol. The normalized spacial score (nSPS) is 18.4. The molecule has 124 valence electrons. The van der Waals surface area contributed by atoms with E-state index in [1.165, 1.54) is 12.1 Å². The molecule has 0 saturated carbocycles. The van der Waals surface area contributed by atoms with Gasteiger partial charge in [0.25, 0.3) is 0 Å². The van der Waals surface area contributed by atoms with E-state index >= 15 is 0 Å². The number of hydrogen-bond acceptors (Lipinski definition) is 4. The Balaban J connectivity index is 2.18. The second-order valence-corrected chi connectivity index (χ2v) is 5.37. The average Bonchev–Trinajstić information content (AvgIpc) is 2.46. The van der Waals surface area contributed by atoms with Crippen molar-refractivity contribution in [1.82, 2.24) is 5.43 Å². The second-order valence-electron chi connectivity index (χ2n) is 5.37. The van der Waals surface area contributed by atoms with Crippen molar-refractivity contribution in [2.24, 2.45) is 5.10 Å². The molecule has 8 heteroatoms. The van der Waals surface area contributed by atoms with Gasteiger partial charge in [-0.3, -0.25) is 4.79 Å². The summed E-state index contributed by atoms with van der Waals surface area (Å²) >= 11 is 0. The number of nitrogens with one attached hydrogen (secondary N) is 1. The van der Waals surface area contributed by atoms with Crippen molar-refractivity contribution in [3.05, 3.63) is 35.4 Å². The third-order valence-electron chi connectivity index (χ3n) is 3.23. The van der Waals surface area contributed by atoms with Crippen LogP contribution in [0.5, 0.6) is 0 Å². The van der Waals surface area contributed by atoms with E-state index in [9.17, 15) is 22.8 Å². The van der Waals surface area contributed by atoms with Crippen molar-refractivity contribution in [1.29, 1.82) is 0 Å². The van der Waals surface area contributed by atoms with Crippen molar-refractivity contribution < 1.29 is 27.5 Å². The molecule has 0 saturated heterocycles. The maximum absolute atomic E-state index is 12.6. The number of hydrogen-bond donors (Lipinski definition) is 1. The fraction of sp³-hybridized carbons (Fsp3) is 0.400. The molecule has 0 radical (unpaired) electrons. The largest absolute Gasteiger partial charge is 0.458 e. The molecule has 1 atom stereocenters. The molecule has 1 unspecified atom stereocenters. The lowest BCUT2D eigenvalue weighted by Gasteiger charge is -2.21. The number of carbonyl (C=O) groups is 2. The summed E-state index contributed by atoms with van der Waals surface area (Å²) in [6.45, 7) is 3.35. The minimum Gasteiger partial charge on any atom is -0.458 e. The molecule has 2 rings (SSSR count). The molecule has 23 heavy (non-hydrogen) atoms. The number of amides is 1. The molecule has 0 spiro atoms. The Hall–Kier alpha value is -2.38. The Kier molecular flexibility index (Phi) is 4.72. The van der Waals surface area contributed by atoms with Gasteiger partial charge in [0.1, 0.15) is 5.71 Å². The first kappa shape index (κ1) is 17.0. The Morgan fingerprint density at radius 2 is 1.91 bits per heavy atom. The molecular weight excluding hydrogens is 313 g/mol. The third kappa shape index (κ3) is 4.08. The Morgan fingerprint density at radius 3 is 2.43 bits per heavy atom. The molecule has 1 aliphatic heterocycles. The van der Waals surface area contributed by atoms with Gasteiger partial charge in [0.05, 0.1) is 17.6 Å². The highest BCUT2D eigenvalue weighted by Gasteiger charge is 2.33. The van der Waals surface area contributed by atoms with Crippen LogP contribution in [0.4, 0.5) is 13.2 Å². The van der Waals surface area contributed by atoms with Crippen LogP contribution < -0.4 is 5.43 Å². The topological polar surface area (TPSA) is 67.8 Å². The van der Waals surface area contributed by atoms with Crippen LogP contribution in [0.15, 0.2) is 29.4 Å². The fourth-order valence-corrected chi connectivity index (χ4v) is 2.12. The van der Waals surface area contributed by atoms with E-state index in [0.29, 0.717) is 5.56 Å². The highest BCUT2D eigenvalue weighted by Crippen LogP contribution is 2.31. The molecule has 5 nitrogen and oxygen atoms in total. The summed E-state index contributed by atoms with van der Waals surface area (Å²) in [4.78, 5) is 23.7. The lowest BCUT2D eigenvalue weighted by Crippen LogP contribution is -2.37. The number of esters is 1. The predicted octanol–water partition coefficient (Wildman–Crippen LogP) is 2.62. The number of carbonyl (C=O) groups excluding carboxylic acids is 2. The summed E-state index contributed by atoms with van der Waals surface area (Å²) in [5.74, 6) is -1.92. The second kappa shape index (κ2) is 6.39. The summed E-state index contributed by atoms with van der Waals surface area (Å²) < 4.78 is 42.7.